The highest BCUT2D eigenvalue weighted by Crippen LogP contribution is 2.31. The van der Waals surface area contributed by atoms with Gasteiger partial charge in [-0.05, 0) is 68.7 Å². The summed E-state index contributed by atoms with van der Waals surface area (Å²) in [5, 5.41) is 9.91. The zero-order valence-corrected chi connectivity index (χ0v) is 19.2. The zero-order valence-electron chi connectivity index (χ0n) is 18.4. The average Bonchev–Trinajstić information content (AvgIpc) is 3.23. The first kappa shape index (κ1) is 22.7. The van der Waals surface area contributed by atoms with Gasteiger partial charge in [-0.15, -0.1) is 0 Å². The van der Waals surface area contributed by atoms with Crippen molar-refractivity contribution in [1.29, 1.82) is 0 Å². The first-order valence-corrected chi connectivity index (χ1v) is 11.7. The monoisotopic (exact) mass is 459 g/mol. The third-order valence-electron chi connectivity index (χ3n) is 6.26. The van der Waals surface area contributed by atoms with Gasteiger partial charge < -0.3 is 14.7 Å². The fourth-order valence-electron chi connectivity index (χ4n) is 4.55. The molecule has 1 aliphatic heterocycles. The fraction of sp³-hybridized carbons (Fsp3) is 0.500. The predicted molar refractivity (Wildman–Crippen MR) is 125 cm³/mol. The van der Waals surface area contributed by atoms with E-state index in [9.17, 15) is 14.7 Å². The molecule has 2 heterocycles. The number of hydrogen-bond acceptors (Lipinski definition) is 5. The molecule has 1 saturated carbocycles. The normalized spacial score (nSPS) is 16.6. The van der Waals surface area contributed by atoms with Crippen molar-refractivity contribution in [2.24, 2.45) is 7.05 Å². The standard InChI is InChI=1S/C24H30ClN3O4/c1-26-20-8-4-9-21(32-19-6-2-3-7-19)28(16-17-10-12-18(25)13-11-17)22(20)23(30)27(24(26)31)14-5-15-29/h9-13,19,29H,2-8,14-16H2,1H3. The lowest BCUT2D eigenvalue weighted by Gasteiger charge is -2.30. The molecule has 2 aliphatic rings. The number of nitrogens with zero attached hydrogens (tertiary/aromatic N) is 3. The number of fused-ring (bicyclic) bond motifs is 1. The van der Waals surface area contributed by atoms with Gasteiger partial charge >= 0.3 is 5.69 Å². The van der Waals surface area contributed by atoms with Gasteiger partial charge in [-0.3, -0.25) is 13.9 Å². The van der Waals surface area contributed by atoms with Crippen molar-refractivity contribution < 1.29 is 9.84 Å². The van der Waals surface area contributed by atoms with Crippen LogP contribution in [0.2, 0.25) is 5.02 Å². The van der Waals surface area contributed by atoms with Crippen molar-refractivity contribution in [3.63, 3.8) is 0 Å². The lowest BCUT2D eigenvalue weighted by molar-refractivity contribution is 0.115. The molecule has 32 heavy (non-hydrogen) atoms. The topological polar surface area (TPSA) is 76.7 Å². The van der Waals surface area contributed by atoms with Crippen LogP contribution in [-0.4, -0.2) is 27.0 Å². The Labute approximate surface area is 192 Å². The zero-order chi connectivity index (χ0) is 22.7. The molecule has 7 nitrogen and oxygen atoms in total. The quantitative estimate of drug-likeness (QED) is 0.687. The highest BCUT2D eigenvalue weighted by molar-refractivity contribution is 6.30. The van der Waals surface area contributed by atoms with Gasteiger partial charge in [0.1, 0.15) is 11.8 Å². The molecule has 0 atom stereocenters. The first-order valence-electron chi connectivity index (χ1n) is 11.3. The van der Waals surface area contributed by atoms with Gasteiger partial charge in [-0.25, -0.2) is 4.79 Å². The van der Waals surface area contributed by atoms with E-state index in [1.165, 1.54) is 4.57 Å². The third-order valence-corrected chi connectivity index (χ3v) is 6.52. The van der Waals surface area contributed by atoms with Crippen LogP contribution in [0.5, 0.6) is 0 Å². The highest BCUT2D eigenvalue weighted by atomic mass is 35.5. The minimum Gasteiger partial charge on any atom is -0.476 e. The summed E-state index contributed by atoms with van der Waals surface area (Å²) in [6.45, 7) is 0.514. The highest BCUT2D eigenvalue weighted by Gasteiger charge is 2.29. The molecule has 2 aromatic rings. The Kier molecular flexibility index (Phi) is 7.06. The van der Waals surface area contributed by atoms with Gasteiger partial charge in [0.25, 0.3) is 5.56 Å². The van der Waals surface area contributed by atoms with E-state index >= 15 is 0 Å². The second-order valence-electron chi connectivity index (χ2n) is 8.49. The lowest BCUT2D eigenvalue weighted by Crippen LogP contribution is -2.44. The number of benzene rings is 1. The predicted octanol–water partition coefficient (Wildman–Crippen LogP) is 3.34. The van der Waals surface area contributed by atoms with E-state index in [0.717, 1.165) is 31.2 Å². The molecule has 1 fully saturated rings. The number of allylic oxidation sites excluding steroid dienone is 1. The van der Waals surface area contributed by atoms with Crippen LogP contribution in [0.4, 0.5) is 5.69 Å². The second-order valence-corrected chi connectivity index (χ2v) is 8.93. The SMILES string of the molecule is Cn1c2c(c(=O)n(CCCO)c1=O)N(Cc1ccc(Cl)cc1)C(OC1CCCC1)=CCC2. The van der Waals surface area contributed by atoms with Gasteiger partial charge in [0, 0.05) is 25.2 Å². The number of halogens is 1. The molecular formula is C24H30ClN3O4. The van der Waals surface area contributed by atoms with Crippen LogP contribution < -0.4 is 16.1 Å². The van der Waals surface area contributed by atoms with Gasteiger partial charge in [0.2, 0.25) is 0 Å². The molecule has 0 bridgehead atoms. The Balaban J connectivity index is 1.83. The van der Waals surface area contributed by atoms with Crippen molar-refractivity contribution in [3.05, 3.63) is 73.3 Å². The summed E-state index contributed by atoms with van der Waals surface area (Å²) in [4.78, 5) is 28.4. The summed E-state index contributed by atoms with van der Waals surface area (Å²) in [6.07, 6.45) is 8.08. The van der Waals surface area contributed by atoms with Crippen molar-refractivity contribution in [1.82, 2.24) is 9.13 Å². The van der Waals surface area contributed by atoms with Crippen LogP contribution in [0.15, 0.2) is 45.8 Å². The summed E-state index contributed by atoms with van der Waals surface area (Å²) >= 11 is 6.07. The van der Waals surface area contributed by atoms with E-state index in [1.807, 2.05) is 35.2 Å². The molecule has 1 aliphatic carbocycles. The third kappa shape index (κ3) is 4.64. The van der Waals surface area contributed by atoms with E-state index in [0.29, 0.717) is 48.1 Å². The maximum Gasteiger partial charge on any atom is 0.331 e. The van der Waals surface area contributed by atoms with E-state index in [4.69, 9.17) is 16.3 Å². The molecular weight excluding hydrogens is 430 g/mol. The Morgan fingerprint density at radius 3 is 2.56 bits per heavy atom. The molecule has 4 rings (SSSR count). The van der Waals surface area contributed by atoms with Crippen LogP contribution in [0.25, 0.3) is 0 Å². The second kappa shape index (κ2) is 9.96. The number of aliphatic hydroxyl groups is 1. The molecule has 0 radical (unpaired) electrons. The molecule has 0 unspecified atom stereocenters. The van der Waals surface area contributed by atoms with Crippen molar-refractivity contribution in [3.8, 4) is 0 Å². The van der Waals surface area contributed by atoms with Crippen molar-refractivity contribution in [2.45, 2.75) is 64.1 Å². The van der Waals surface area contributed by atoms with E-state index < -0.39 is 0 Å². The minimum atomic E-state index is -0.353. The van der Waals surface area contributed by atoms with Gasteiger partial charge in [-0.2, -0.15) is 0 Å². The number of aromatic nitrogens is 2. The Bertz CT molecular complexity index is 1100. The maximum absolute atomic E-state index is 13.6. The Hall–Kier alpha value is -2.51. The minimum absolute atomic E-state index is 0.0862. The smallest absolute Gasteiger partial charge is 0.331 e. The molecule has 1 N–H and O–H groups in total. The van der Waals surface area contributed by atoms with Crippen LogP contribution >= 0.6 is 11.6 Å². The van der Waals surface area contributed by atoms with Gasteiger partial charge in [0.15, 0.2) is 5.88 Å². The summed E-state index contributed by atoms with van der Waals surface area (Å²) in [5.41, 5.74) is 1.47. The summed E-state index contributed by atoms with van der Waals surface area (Å²) in [6, 6.07) is 7.53. The van der Waals surface area contributed by atoms with Crippen LogP contribution in [0, 0.1) is 0 Å². The molecule has 0 saturated heterocycles. The number of aliphatic hydroxyl groups excluding tert-OH is 1. The van der Waals surface area contributed by atoms with Crippen LogP contribution in [0.1, 0.15) is 49.8 Å². The number of rotatable bonds is 7. The van der Waals surface area contributed by atoms with Gasteiger partial charge in [-0.1, -0.05) is 23.7 Å². The first-order chi connectivity index (χ1) is 15.5. The largest absolute Gasteiger partial charge is 0.476 e. The van der Waals surface area contributed by atoms with Crippen molar-refractivity contribution in [2.75, 3.05) is 11.5 Å². The van der Waals surface area contributed by atoms with E-state index in [1.54, 1.807) is 11.6 Å². The average molecular weight is 460 g/mol. The number of ether oxygens (including phenoxy) is 1. The van der Waals surface area contributed by atoms with E-state index in [-0.39, 0.29) is 30.5 Å². The molecule has 0 spiro atoms. The van der Waals surface area contributed by atoms with Gasteiger partial charge in [0.05, 0.1) is 12.2 Å². The molecule has 0 amide bonds. The summed E-state index contributed by atoms with van der Waals surface area (Å²) in [7, 11) is 1.71. The van der Waals surface area contributed by atoms with Crippen LogP contribution in [-0.2, 0) is 31.3 Å². The van der Waals surface area contributed by atoms with Crippen LogP contribution in [0.3, 0.4) is 0 Å². The number of anilines is 1. The molecule has 1 aromatic heterocycles. The molecule has 1 aromatic carbocycles. The molecule has 8 heteroatoms. The van der Waals surface area contributed by atoms with E-state index in [2.05, 4.69) is 0 Å². The molecule has 172 valence electrons. The summed E-state index contributed by atoms with van der Waals surface area (Å²) in [5.74, 6) is 0.676. The number of hydrogen-bond donors (Lipinski definition) is 1. The Morgan fingerprint density at radius 2 is 1.88 bits per heavy atom. The van der Waals surface area contributed by atoms with Crippen molar-refractivity contribution >= 4 is 17.3 Å². The fourth-order valence-corrected chi connectivity index (χ4v) is 4.67. The Morgan fingerprint density at radius 1 is 1.16 bits per heavy atom. The summed E-state index contributed by atoms with van der Waals surface area (Å²) < 4.78 is 9.22. The lowest BCUT2D eigenvalue weighted by atomic mass is 10.1. The maximum atomic E-state index is 13.6.